The van der Waals surface area contributed by atoms with Gasteiger partial charge in [0.05, 0.1) is 4.47 Å². The van der Waals surface area contributed by atoms with Crippen molar-refractivity contribution in [2.75, 3.05) is 0 Å². The Labute approximate surface area is 122 Å². The summed E-state index contributed by atoms with van der Waals surface area (Å²) in [5.74, 6) is -0.483. The molecule has 106 valence electrons. The highest BCUT2D eigenvalue weighted by Gasteiger charge is 2.13. The third-order valence-electron chi connectivity index (χ3n) is 3.06. The van der Waals surface area contributed by atoms with Crippen molar-refractivity contribution in [2.45, 2.75) is 52.0 Å². The van der Waals surface area contributed by atoms with Crippen LogP contribution in [-0.4, -0.2) is 11.9 Å². The minimum absolute atomic E-state index is 0.129. The van der Waals surface area contributed by atoms with Gasteiger partial charge in [-0.25, -0.2) is 4.39 Å². The van der Waals surface area contributed by atoms with Gasteiger partial charge < -0.3 is 5.32 Å². The number of hydrogen-bond acceptors (Lipinski definition) is 1. The molecule has 1 aromatic carbocycles. The Morgan fingerprint density at radius 2 is 2.05 bits per heavy atom. The van der Waals surface area contributed by atoms with Gasteiger partial charge in [0.1, 0.15) is 5.82 Å². The lowest BCUT2D eigenvalue weighted by atomic mass is 10.0. The second-order valence-electron chi connectivity index (χ2n) is 4.73. The van der Waals surface area contributed by atoms with E-state index >= 15 is 0 Å². The molecule has 1 rings (SSSR count). The largest absolute Gasteiger partial charge is 0.349 e. The monoisotopic (exact) mass is 329 g/mol. The topological polar surface area (TPSA) is 29.1 Å². The molecule has 0 heterocycles. The Morgan fingerprint density at radius 1 is 1.32 bits per heavy atom. The summed E-state index contributed by atoms with van der Waals surface area (Å²) in [4.78, 5) is 12.1. The summed E-state index contributed by atoms with van der Waals surface area (Å²) in [7, 11) is 0. The Balaban J connectivity index is 2.66. The zero-order valence-electron chi connectivity index (χ0n) is 11.5. The van der Waals surface area contributed by atoms with Crippen LogP contribution in [0.3, 0.4) is 0 Å². The molecule has 0 spiro atoms. The number of halogens is 2. The predicted octanol–water partition coefficient (Wildman–Crippen LogP) is 4.68. The van der Waals surface area contributed by atoms with E-state index in [-0.39, 0.29) is 17.8 Å². The highest BCUT2D eigenvalue weighted by Crippen LogP contribution is 2.17. The van der Waals surface area contributed by atoms with Crippen LogP contribution in [0.4, 0.5) is 4.39 Å². The first-order valence-electron chi connectivity index (χ1n) is 6.84. The lowest BCUT2D eigenvalue weighted by Crippen LogP contribution is -2.34. The molecule has 0 bridgehead atoms. The predicted molar refractivity (Wildman–Crippen MR) is 79.8 cm³/mol. The molecular formula is C15H21BrFNO. The standard InChI is InChI=1S/C15H21BrFNO/c1-3-5-7-12(6-4-2)18-15(19)11-8-9-14(17)13(16)10-11/h8-10,12H,3-7H2,1-2H3,(H,18,19). The van der Waals surface area contributed by atoms with Crippen molar-refractivity contribution < 1.29 is 9.18 Å². The molecule has 0 saturated heterocycles. The first-order chi connectivity index (χ1) is 9.08. The molecule has 4 heteroatoms. The van der Waals surface area contributed by atoms with Crippen molar-refractivity contribution in [2.24, 2.45) is 0 Å². The first-order valence-corrected chi connectivity index (χ1v) is 7.63. The number of amides is 1. The number of unbranched alkanes of at least 4 members (excludes halogenated alkanes) is 1. The maximum atomic E-state index is 13.1. The highest BCUT2D eigenvalue weighted by molar-refractivity contribution is 9.10. The van der Waals surface area contributed by atoms with Gasteiger partial charge in [-0.1, -0.05) is 33.1 Å². The van der Waals surface area contributed by atoms with Gasteiger partial charge in [-0.05, 0) is 47.0 Å². The van der Waals surface area contributed by atoms with Crippen LogP contribution in [-0.2, 0) is 0 Å². The average molecular weight is 330 g/mol. The van der Waals surface area contributed by atoms with E-state index in [4.69, 9.17) is 0 Å². The van der Waals surface area contributed by atoms with Crippen molar-refractivity contribution in [3.05, 3.63) is 34.1 Å². The van der Waals surface area contributed by atoms with Gasteiger partial charge in [0.2, 0.25) is 0 Å². The van der Waals surface area contributed by atoms with Gasteiger partial charge in [0.25, 0.3) is 5.91 Å². The van der Waals surface area contributed by atoms with Crippen LogP contribution in [0.25, 0.3) is 0 Å². The summed E-state index contributed by atoms with van der Waals surface area (Å²) in [6, 6.07) is 4.55. The van der Waals surface area contributed by atoms with E-state index in [0.717, 1.165) is 32.1 Å². The molecule has 1 aromatic rings. The molecule has 1 amide bonds. The van der Waals surface area contributed by atoms with E-state index in [2.05, 4.69) is 35.1 Å². The van der Waals surface area contributed by atoms with E-state index in [1.807, 2.05) is 0 Å². The first kappa shape index (κ1) is 16.2. The molecule has 1 atom stereocenters. The van der Waals surface area contributed by atoms with Gasteiger partial charge in [-0.2, -0.15) is 0 Å². The van der Waals surface area contributed by atoms with Crippen LogP contribution < -0.4 is 5.32 Å². The molecule has 19 heavy (non-hydrogen) atoms. The molecular weight excluding hydrogens is 309 g/mol. The number of carbonyl (C=O) groups is 1. The maximum absolute atomic E-state index is 13.1. The molecule has 0 aliphatic rings. The minimum atomic E-state index is -0.354. The fourth-order valence-corrected chi connectivity index (χ4v) is 2.37. The average Bonchev–Trinajstić information content (AvgIpc) is 2.39. The summed E-state index contributed by atoms with van der Waals surface area (Å²) in [6.07, 6.45) is 5.25. The van der Waals surface area contributed by atoms with E-state index in [1.54, 1.807) is 0 Å². The maximum Gasteiger partial charge on any atom is 0.251 e. The van der Waals surface area contributed by atoms with Gasteiger partial charge in [0.15, 0.2) is 0 Å². The third kappa shape index (κ3) is 5.31. The van der Waals surface area contributed by atoms with Crippen LogP contribution >= 0.6 is 15.9 Å². The number of hydrogen-bond donors (Lipinski definition) is 1. The molecule has 1 N–H and O–H groups in total. The van der Waals surface area contributed by atoms with Crippen LogP contribution in [0.2, 0.25) is 0 Å². The fourth-order valence-electron chi connectivity index (χ4n) is 1.99. The molecule has 0 aliphatic carbocycles. The van der Waals surface area contributed by atoms with Crippen LogP contribution in [0.1, 0.15) is 56.3 Å². The highest BCUT2D eigenvalue weighted by atomic mass is 79.9. The summed E-state index contributed by atoms with van der Waals surface area (Å²) in [5, 5.41) is 3.03. The zero-order chi connectivity index (χ0) is 14.3. The Bertz CT molecular complexity index is 423. The van der Waals surface area contributed by atoms with Crippen molar-refractivity contribution in [3.8, 4) is 0 Å². The lowest BCUT2D eigenvalue weighted by molar-refractivity contribution is 0.0932. The Hall–Kier alpha value is -0.900. The fraction of sp³-hybridized carbons (Fsp3) is 0.533. The van der Waals surface area contributed by atoms with Crippen molar-refractivity contribution >= 4 is 21.8 Å². The minimum Gasteiger partial charge on any atom is -0.349 e. The quantitative estimate of drug-likeness (QED) is 0.773. The Kier molecular flexibility index (Phi) is 7.06. The summed E-state index contributed by atoms with van der Waals surface area (Å²) in [6.45, 7) is 4.25. The molecule has 0 radical (unpaired) electrons. The normalized spacial score (nSPS) is 12.2. The number of rotatable bonds is 7. The number of nitrogens with one attached hydrogen (secondary N) is 1. The SMILES string of the molecule is CCCCC(CCC)NC(=O)c1ccc(F)c(Br)c1. The lowest BCUT2D eigenvalue weighted by Gasteiger charge is -2.18. The van der Waals surface area contributed by atoms with Crippen molar-refractivity contribution in [1.29, 1.82) is 0 Å². The summed E-state index contributed by atoms with van der Waals surface area (Å²) >= 11 is 3.10. The molecule has 0 aromatic heterocycles. The molecule has 0 aliphatic heterocycles. The van der Waals surface area contributed by atoms with Gasteiger partial charge in [-0.15, -0.1) is 0 Å². The summed E-state index contributed by atoms with van der Waals surface area (Å²) < 4.78 is 13.5. The van der Waals surface area contributed by atoms with Crippen molar-refractivity contribution in [1.82, 2.24) is 5.32 Å². The van der Waals surface area contributed by atoms with E-state index < -0.39 is 0 Å². The molecule has 0 saturated carbocycles. The van der Waals surface area contributed by atoms with Crippen molar-refractivity contribution in [3.63, 3.8) is 0 Å². The third-order valence-corrected chi connectivity index (χ3v) is 3.67. The second-order valence-corrected chi connectivity index (χ2v) is 5.58. The van der Waals surface area contributed by atoms with Gasteiger partial charge in [0, 0.05) is 11.6 Å². The number of benzene rings is 1. The van der Waals surface area contributed by atoms with Gasteiger partial charge >= 0.3 is 0 Å². The van der Waals surface area contributed by atoms with Crippen LogP contribution in [0.15, 0.2) is 22.7 Å². The number of carbonyl (C=O) groups excluding carboxylic acids is 1. The van der Waals surface area contributed by atoms with Gasteiger partial charge in [-0.3, -0.25) is 4.79 Å². The molecule has 2 nitrogen and oxygen atoms in total. The Morgan fingerprint density at radius 3 is 2.63 bits per heavy atom. The van der Waals surface area contributed by atoms with E-state index in [9.17, 15) is 9.18 Å². The van der Waals surface area contributed by atoms with Crippen LogP contribution in [0, 0.1) is 5.82 Å². The zero-order valence-corrected chi connectivity index (χ0v) is 13.1. The van der Waals surface area contributed by atoms with Crippen LogP contribution in [0.5, 0.6) is 0 Å². The molecule has 1 unspecified atom stereocenters. The van der Waals surface area contributed by atoms with E-state index in [1.165, 1.54) is 18.2 Å². The summed E-state index contributed by atoms with van der Waals surface area (Å²) in [5.41, 5.74) is 0.492. The molecule has 0 fully saturated rings. The smallest absolute Gasteiger partial charge is 0.251 e. The second kappa shape index (κ2) is 8.31. The van der Waals surface area contributed by atoms with E-state index in [0.29, 0.717) is 10.0 Å².